The lowest BCUT2D eigenvalue weighted by Gasteiger charge is -2.56. The van der Waals surface area contributed by atoms with E-state index in [1.165, 1.54) is 11.0 Å². The van der Waals surface area contributed by atoms with E-state index in [4.69, 9.17) is 62.9 Å². The van der Waals surface area contributed by atoms with E-state index in [0.717, 1.165) is 16.7 Å². The fourth-order valence-electron chi connectivity index (χ4n) is 7.50. The van der Waals surface area contributed by atoms with Crippen LogP contribution in [0.2, 0.25) is 18.1 Å². The van der Waals surface area contributed by atoms with E-state index >= 15 is 4.79 Å². The van der Waals surface area contributed by atoms with E-state index in [-0.39, 0.29) is 37.2 Å². The average molecular weight is 852 g/mol. The number of halogens is 3. The van der Waals surface area contributed by atoms with Crippen molar-refractivity contribution < 1.29 is 47.9 Å². The van der Waals surface area contributed by atoms with Crippen LogP contribution in [0, 0.1) is 13.8 Å². The number of aryl methyl sites for hydroxylation is 1. The normalized spacial score (nSPS) is 19.8. The zero-order valence-electron chi connectivity index (χ0n) is 32.8. The number of aliphatic hydroxyl groups is 1. The number of alkyl halides is 3. The van der Waals surface area contributed by atoms with Crippen molar-refractivity contribution in [2.75, 3.05) is 33.7 Å². The highest BCUT2D eigenvalue weighted by Gasteiger charge is 2.57. The smallest absolute Gasteiger partial charge is 0.411 e. The third-order valence-electron chi connectivity index (χ3n) is 11.3. The largest absolute Gasteiger partial charge is 0.508 e. The summed E-state index contributed by atoms with van der Waals surface area (Å²) in [5.41, 5.74) is 3.81. The van der Waals surface area contributed by atoms with E-state index in [9.17, 15) is 15.0 Å². The second kappa shape index (κ2) is 16.0. The SMILES string of the molecule is COc1c(C)cc2c(c1OCc1ccccc1)[C@@H]1[C@H](CO[Si](C)(C)C(C)(C)C)N([C@@H](CO)c3cc(O)c(C)c4c3OCO4)C(=O)[C@H](C2)N1C(=O)OCC(Cl)(Cl)Cl. The number of carbonyl (C=O) groups is 2. The molecule has 2 N–H and O–H groups in total. The summed E-state index contributed by atoms with van der Waals surface area (Å²) in [6.07, 6.45) is -0.830. The maximum absolute atomic E-state index is 15.3. The molecule has 304 valence electrons. The molecule has 3 aliphatic heterocycles. The first-order valence-corrected chi connectivity index (χ1v) is 22.4. The molecule has 0 saturated carbocycles. The van der Waals surface area contributed by atoms with Gasteiger partial charge in [0.25, 0.3) is 0 Å². The molecule has 0 spiro atoms. The van der Waals surface area contributed by atoms with Crippen molar-refractivity contribution in [3.05, 3.63) is 75.8 Å². The number of methoxy groups -OCH3 is 1. The summed E-state index contributed by atoms with van der Waals surface area (Å²) >= 11 is 18.2. The monoisotopic (exact) mass is 850 g/mol. The molecular weight excluding hydrogens is 803 g/mol. The Morgan fingerprint density at radius 1 is 1.05 bits per heavy atom. The Bertz CT molecular complexity index is 1970. The molecule has 16 heteroatoms. The summed E-state index contributed by atoms with van der Waals surface area (Å²) in [5, 5.41) is 22.1. The Labute approximate surface area is 343 Å². The van der Waals surface area contributed by atoms with Gasteiger partial charge < -0.3 is 43.2 Å². The molecule has 3 heterocycles. The van der Waals surface area contributed by atoms with Crippen LogP contribution in [0.3, 0.4) is 0 Å². The standard InChI is InChI=1S/C40H49Cl3N2O10Si/c1-22-14-25-15-27-37(48)44(28(17-46)26-16-30(47)23(2)34-35(26)54-21-53-34)29(19-55-56(7,8)39(3,4)5)32(45(27)38(49)52-20-40(41,42)43)31(25)36(33(22)50-6)51-18-24-12-10-9-11-13-24/h9-14,16,27-29,32,46-47H,15,17-21H2,1-8H3/t27-,28-,29-,32-/m0/s1. The van der Waals surface area contributed by atoms with Gasteiger partial charge in [0.2, 0.25) is 16.5 Å². The van der Waals surface area contributed by atoms with Crippen LogP contribution in [0.5, 0.6) is 28.7 Å². The van der Waals surface area contributed by atoms with Crippen LogP contribution in [0.15, 0.2) is 42.5 Å². The Hall–Kier alpha value is -3.59. The van der Waals surface area contributed by atoms with Crippen molar-refractivity contribution in [1.29, 1.82) is 0 Å². The van der Waals surface area contributed by atoms with Gasteiger partial charge in [-0.05, 0) is 54.7 Å². The third kappa shape index (κ3) is 7.95. The number of hydrogen-bond acceptors (Lipinski definition) is 10. The van der Waals surface area contributed by atoms with Crippen molar-refractivity contribution in [2.45, 2.75) is 93.7 Å². The number of hydrogen-bond donors (Lipinski definition) is 2. The minimum absolute atomic E-state index is 0.0569. The summed E-state index contributed by atoms with van der Waals surface area (Å²) in [5.74, 6) is 0.860. The number of carbonyl (C=O) groups excluding carboxylic acids is 2. The number of rotatable bonds is 11. The van der Waals surface area contributed by atoms with Gasteiger partial charge in [0, 0.05) is 23.1 Å². The highest BCUT2D eigenvalue weighted by molar-refractivity contribution is 6.74. The molecule has 4 atom stereocenters. The fraction of sp³-hybridized carbons (Fsp3) is 0.500. The van der Waals surface area contributed by atoms with E-state index < -0.39 is 61.5 Å². The molecular formula is C40H49Cl3N2O10Si. The molecule has 3 aromatic carbocycles. The maximum atomic E-state index is 15.3. The number of phenolic OH excluding ortho intramolecular Hbond substituents is 1. The van der Waals surface area contributed by atoms with Crippen LogP contribution in [0.25, 0.3) is 0 Å². The van der Waals surface area contributed by atoms with Crippen molar-refractivity contribution in [3.63, 3.8) is 0 Å². The van der Waals surface area contributed by atoms with Gasteiger partial charge in [-0.2, -0.15) is 0 Å². The first-order chi connectivity index (χ1) is 26.3. The van der Waals surface area contributed by atoms with Gasteiger partial charge in [0.15, 0.2) is 31.3 Å². The second-order valence-corrected chi connectivity index (χ2v) is 23.2. The fourth-order valence-corrected chi connectivity index (χ4v) is 8.68. The number of fused-ring (bicyclic) bond motifs is 5. The topological polar surface area (TPSA) is 136 Å². The maximum Gasteiger partial charge on any atom is 0.411 e. The number of piperazine rings is 1. The average Bonchev–Trinajstić information content (AvgIpc) is 3.63. The third-order valence-corrected chi connectivity index (χ3v) is 16.2. The highest BCUT2D eigenvalue weighted by atomic mass is 35.6. The number of amides is 2. The predicted molar refractivity (Wildman–Crippen MR) is 215 cm³/mol. The van der Waals surface area contributed by atoms with Gasteiger partial charge in [-0.15, -0.1) is 0 Å². The van der Waals surface area contributed by atoms with E-state index in [1.54, 1.807) is 18.9 Å². The first-order valence-electron chi connectivity index (χ1n) is 18.4. The molecule has 1 saturated heterocycles. The second-order valence-electron chi connectivity index (χ2n) is 15.9. The van der Waals surface area contributed by atoms with Crippen LogP contribution in [0.1, 0.15) is 66.2 Å². The van der Waals surface area contributed by atoms with E-state index in [2.05, 4.69) is 33.9 Å². The van der Waals surface area contributed by atoms with Gasteiger partial charge in [-0.3, -0.25) is 9.69 Å². The Morgan fingerprint density at radius 2 is 1.73 bits per heavy atom. The number of aromatic hydroxyl groups is 1. The van der Waals surface area contributed by atoms with Gasteiger partial charge in [0.05, 0.1) is 38.4 Å². The van der Waals surface area contributed by atoms with E-state index in [0.29, 0.717) is 39.7 Å². The molecule has 1 fully saturated rings. The molecule has 2 bridgehead atoms. The number of benzene rings is 3. The van der Waals surface area contributed by atoms with Crippen molar-refractivity contribution in [3.8, 4) is 28.7 Å². The lowest BCUT2D eigenvalue weighted by Crippen LogP contribution is -2.69. The van der Waals surface area contributed by atoms with Crippen LogP contribution in [-0.4, -0.2) is 89.9 Å². The number of ether oxygens (including phenoxy) is 5. The van der Waals surface area contributed by atoms with Crippen LogP contribution in [0.4, 0.5) is 4.79 Å². The summed E-state index contributed by atoms with van der Waals surface area (Å²) in [6, 6.07) is 8.87. The Balaban J connectivity index is 1.60. The minimum Gasteiger partial charge on any atom is -0.508 e. The van der Waals surface area contributed by atoms with Crippen LogP contribution in [-0.2, 0) is 27.0 Å². The highest BCUT2D eigenvalue weighted by Crippen LogP contribution is 2.54. The van der Waals surface area contributed by atoms with Gasteiger partial charge >= 0.3 is 6.09 Å². The molecule has 6 rings (SSSR count). The molecule has 3 aliphatic rings. The molecule has 2 amide bonds. The summed E-state index contributed by atoms with van der Waals surface area (Å²) in [4.78, 5) is 32.6. The van der Waals surface area contributed by atoms with Gasteiger partial charge in [-0.1, -0.05) is 92.0 Å². The zero-order valence-corrected chi connectivity index (χ0v) is 36.1. The first kappa shape index (κ1) is 42.0. The van der Waals surface area contributed by atoms with Crippen molar-refractivity contribution in [2.24, 2.45) is 0 Å². The van der Waals surface area contributed by atoms with Crippen LogP contribution >= 0.6 is 34.8 Å². The minimum atomic E-state index is -2.55. The zero-order chi connectivity index (χ0) is 40.9. The molecule has 3 aromatic rings. The summed E-state index contributed by atoms with van der Waals surface area (Å²) in [7, 11) is -1.00. The lowest BCUT2D eigenvalue weighted by molar-refractivity contribution is -0.159. The molecule has 0 aliphatic carbocycles. The number of nitrogens with zero attached hydrogens (tertiary/aromatic N) is 2. The molecule has 56 heavy (non-hydrogen) atoms. The quantitative estimate of drug-likeness (QED) is 0.144. The van der Waals surface area contributed by atoms with E-state index in [1.807, 2.05) is 43.3 Å². The van der Waals surface area contributed by atoms with Gasteiger partial charge in [0.1, 0.15) is 25.0 Å². The van der Waals surface area contributed by atoms with Crippen molar-refractivity contribution in [1.82, 2.24) is 9.80 Å². The predicted octanol–water partition coefficient (Wildman–Crippen LogP) is 8.07. The van der Waals surface area contributed by atoms with Crippen molar-refractivity contribution >= 4 is 55.1 Å². The number of aliphatic hydroxyl groups excluding tert-OH is 1. The summed E-state index contributed by atoms with van der Waals surface area (Å²) < 4.78 is 34.9. The Kier molecular flexibility index (Phi) is 12.0. The molecule has 0 aromatic heterocycles. The number of phenols is 1. The Morgan fingerprint density at radius 3 is 2.36 bits per heavy atom. The molecule has 12 nitrogen and oxygen atoms in total. The lowest BCUT2D eigenvalue weighted by atomic mass is 9.78. The summed E-state index contributed by atoms with van der Waals surface area (Å²) in [6.45, 7) is 12.9. The molecule has 0 radical (unpaired) electrons. The van der Waals surface area contributed by atoms with Crippen LogP contribution < -0.4 is 18.9 Å². The molecule has 0 unspecified atom stereocenters. The van der Waals surface area contributed by atoms with Gasteiger partial charge in [-0.25, -0.2) is 4.79 Å².